The lowest BCUT2D eigenvalue weighted by Gasteiger charge is -2.36. The largest absolute Gasteiger partial charge is 0.497 e. The molecule has 0 aliphatic carbocycles. The maximum atomic E-state index is 12.9. The van der Waals surface area contributed by atoms with Crippen molar-refractivity contribution in [3.8, 4) is 5.75 Å². The van der Waals surface area contributed by atoms with Crippen LogP contribution in [0, 0.1) is 0 Å². The Morgan fingerprint density at radius 1 is 1.08 bits per heavy atom. The molecule has 198 valence electrons. The molecule has 0 radical (unpaired) electrons. The number of benzene rings is 2. The zero-order valence-corrected chi connectivity index (χ0v) is 20.4. The van der Waals surface area contributed by atoms with Crippen molar-refractivity contribution >= 4 is 23.4 Å². The molecule has 2 aliphatic heterocycles. The molecule has 37 heavy (non-hydrogen) atoms. The van der Waals surface area contributed by atoms with Crippen molar-refractivity contribution in [1.29, 1.82) is 0 Å². The minimum Gasteiger partial charge on any atom is -0.497 e. The first kappa shape index (κ1) is 26.5. The molecule has 2 aromatic rings. The highest BCUT2D eigenvalue weighted by Crippen LogP contribution is 2.30. The van der Waals surface area contributed by atoms with Crippen molar-refractivity contribution in [3.63, 3.8) is 0 Å². The van der Waals surface area contributed by atoms with Crippen LogP contribution < -0.4 is 20.3 Å². The van der Waals surface area contributed by atoms with E-state index in [9.17, 15) is 27.6 Å². The first-order chi connectivity index (χ1) is 17.6. The second-order valence-corrected chi connectivity index (χ2v) is 9.20. The van der Waals surface area contributed by atoms with E-state index in [0.717, 1.165) is 42.6 Å². The number of halogens is 3. The number of carbonyl (C=O) groups is 3. The molecule has 0 saturated carbocycles. The van der Waals surface area contributed by atoms with E-state index in [4.69, 9.17) is 4.74 Å². The topological polar surface area (TPSA) is 91.0 Å². The quantitative estimate of drug-likeness (QED) is 0.589. The maximum Gasteiger partial charge on any atom is 0.416 e. The van der Waals surface area contributed by atoms with Crippen molar-refractivity contribution in [2.75, 3.05) is 38.2 Å². The Kier molecular flexibility index (Phi) is 8.01. The van der Waals surface area contributed by atoms with Gasteiger partial charge in [0.15, 0.2) is 0 Å². The van der Waals surface area contributed by atoms with Crippen molar-refractivity contribution in [2.45, 2.75) is 37.5 Å². The van der Waals surface area contributed by atoms with Gasteiger partial charge in [0.05, 0.1) is 19.2 Å². The van der Waals surface area contributed by atoms with E-state index in [-0.39, 0.29) is 30.1 Å². The molecule has 2 N–H and O–H groups in total. The molecule has 2 aliphatic rings. The molecule has 3 amide bonds. The zero-order valence-electron chi connectivity index (χ0n) is 20.4. The molecule has 2 saturated heterocycles. The van der Waals surface area contributed by atoms with Crippen LogP contribution in [0.4, 0.5) is 18.9 Å². The molecule has 4 rings (SSSR count). The van der Waals surface area contributed by atoms with E-state index in [0.29, 0.717) is 25.9 Å². The average Bonchev–Trinajstić information content (AvgIpc) is 3.35. The van der Waals surface area contributed by atoms with Gasteiger partial charge in [-0.15, -0.1) is 0 Å². The fourth-order valence-electron chi connectivity index (χ4n) is 4.78. The lowest BCUT2D eigenvalue weighted by molar-refractivity contribution is -0.137. The molecule has 2 heterocycles. The summed E-state index contributed by atoms with van der Waals surface area (Å²) in [6, 6.07) is 11.4. The van der Waals surface area contributed by atoms with Gasteiger partial charge in [0.2, 0.25) is 11.8 Å². The fraction of sp³-hybridized carbons (Fsp3) is 0.423. The van der Waals surface area contributed by atoms with Gasteiger partial charge in [-0.3, -0.25) is 19.3 Å². The van der Waals surface area contributed by atoms with E-state index < -0.39 is 23.6 Å². The number of hydrogen-bond acceptors (Lipinski definition) is 5. The van der Waals surface area contributed by atoms with E-state index in [2.05, 4.69) is 15.5 Å². The third kappa shape index (κ3) is 6.59. The molecule has 11 heteroatoms. The minimum absolute atomic E-state index is 0.0474. The van der Waals surface area contributed by atoms with Gasteiger partial charge in [-0.1, -0.05) is 6.07 Å². The van der Waals surface area contributed by atoms with Crippen LogP contribution in [-0.2, 0) is 15.8 Å². The van der Waals surface area contributed by atoms with Crippen LogP contribution in [0.15, 0.2) is 48.5 Å². The van der Waals surface area contributed by atoms with Crippen LogP contribution in [-0.4, -0.2) is 68.0 Å². The Morgan fingerprint density at radius 3 is 2.51 bits per heavy atom. The lowest BCUT2D eigenvalue weighted by atomic mass is 10.0. The standard InChI is InChI=1S/C26H29F3N4O4/c1-37-22-7-5-20(6-8-22)33-12-10-21(14-24(33)35)32-11-9-19(16-32)31-23(34)15-30-25(36)17-3-2-4-18(13-17)26(27,28)29/h2-8,13,19,21H,9-12,14-16H2,1H3,(H,30,36)(H,31,34)/t19-,21?/m1/s1. The summed E-state index contributed by atoms with van der Waals surface area (Å²) in [7, 11) is 1.59. The Bertz CT molecular complexity index is 1140. The first-order valence-corrected chi connectivity index (χ1v) is 12.1. The predicted octanol–water partition coefficient (Wildman–Crippen LogP) is 2.83. The summed E-state index contributed by atoms with van der Waals surface area (Å²) in [5, 5.41) is 5.23. The highest BCUT2D eigenvalue weighted by Gasteiger charge is 2.35. The van der Waals surface area contributed by atoms with Gasteiger partial charge in [0.1, 0.15) is 5.75 Å². The number of piperidine rings is 1. The Balaban J connectivity index is 1.22. The molecule has 0 spiro atoms. The Labute approximate surface area is 212 Å². The highest BCUT2D eigenvalue weighted by molar-refractivity contribution is 5.96. The zero-order chi connectivity index (χ0) is 26.6. The first-order valence-electron chi connectivity index (χ1n) is 12.1. The van der Waals surface area contributed by atoms with Crippen LogP contribution in [0.5, 0.6) is 5.75 Å². The highest BCUT2D eigenvalue weighted by atomic mass is 19.4. The summed E-state index contributed by atoms with van der Waals surface area (Å²) in [4.78, 5) is 41.3. The lowest BCUT2D eigenvalue weighted by Crippen LogP contribution is -2.48. The van der Waals surface area contributed by atoms with Crippen LogP contribution in [0.1, 0.15) is 35.2 Å². The smallest absolute Gasteiger partial charge is 0.416 e. The van der Waals surface area contributed by atoms with E-state index in [1.807, 2.05) is 24.3 Å². The number of likely N-dealkylation sites (tertiary alicyclic amines) is 1. The van der Waals surface area contributed by atoms with Crippen molar-refractivity contribution < 1.29 is 32.3 Å². The number of ether oxygens (including phenoxy) is 1. The number of amides is 3. The molecule has 2 fully saturated rings. The van der Waals surface area contributed by atoms with Crippen molar-refractivity contribution in [2.24, 2.45) is 0 Å². The monoisotopic (exact) mass is 518 g/mol. The Hall–Kier alpha value is -3.60. The SMILES string of the molecule is COc1ccc(N2CCC(N3CC[C@@H](NC(=O)CNC(=O)c4cccc(C(F)(F)F)c4)C3)CC2=O)cc1. The van der Waals surface area contributed by atoms with Gasteiger partial charge in [0.25, 0.3) is 5.91 Å². The number of rotatable bonds is 7. The van der Waals surface area contributed by atoms with Gasteiger partial charge in [-0.2, -0.15) is 13.2 Å². The third-order valence-electron chi connectivity index (χ3n) is 6.74. The van der Waals surface area contributed by atoms with Gasteiger partial charge in [-0.05, 0) is 55.3 Å². The second kappa shape index (κ2) is 11.2. The molecule has 0 aromatic heterocycles. The van der Waals surface area contributed by atoms with E-state index in [1.54, 1.807) is 12.0 Å². The molecule has 1 unspecified atom stereocenters. The number of hydrogen-bond donors (Lipinski definition) is 2. The summed E-state index contributed by atoms with van der Waals surface area (Å²) < 4.78 is 43.7. The molecule has 2 atom stereocenters. The number of methoxy groups -OCH3 is 1. The van der Waals surface area contributed by atoms with Crippen molar-refractivity contribution in [3.05, 3.63) is 59.7 Å². The van der Waals surface area contributed by atoms with Gasteiger partial charge >= 0.3 is 6.18 Å². The maximum absolute atomic E-state index is 12.9. The number of nitrogens with one attached hydrogen (secondary N) is 2. The normalized spacial score (nSPS) is 20.5. The Morgan fingerprint density at radius 2 is 1.84 bits per heavy atom. The number of nitrogens with zero attached hydrogens (tertiary/aromatic N) is 2. The van der Waals surface area contributed by atoms with Crippen LogP contribution in [0.2, 0.25) is 0 Å². The number of carbonyl (C=O) groups excluding carboxylic acids is 3. The molecular weight excluding hydrogens is 489 g/mol. The molecular formula is C26H29F3N4O4. The van der Waals surface area contributed by atoms with Gasteiger partial charge in [0, 0.05) is 49.4 Å². The fourth-order valence-corrected chi connectivity index (χ4v) is 4.78. The summed E-state index contributed by atoms with van der Waals surface area (Å²) in [5.41, 5.74) is -0.257. The predicted molar refractivity (Wildman–Crippen MR) is 130 cm³/mol. The molecule has 8 nitrogen and oxygen atoms in total. The van der Waals surface area contributed by atoms with Crippen molar-refractivity contribution in [1.82, 2.24) is 15.5 Å². The van der Waals surface area contributed by atoms with Crippen LogP contribution in [0.3, 0.4) is 0 Å². The van der Waals surface area contributed by atoms with Crippen LogP contribution >= 0.6 is 0 Å². The van der Waals surface area contributed by atoms with Gasteiger partial charge in [-0.25, -0.2) is 0 Å². The summed E-state index contributed by atoms with van der Waals surface area (Å²) in [5.74, 6) is -0.397. The molecule has 2 aromatic carbocycles. The third-order valence-corrected chi connectivity index (χ3v) is 6.74. The van der Waals surface area contributed by atoms with E-state index in [1.165, 1.54) is 6.07 Å². The molecule has 0 bridgehead atoms. The minimum atomic E-state index is -4.56. The summed E-state index contributed by atoms with van der Waals surface area (Å²) in [6.45, 7) is 1.59. The number of anilines is 1. The van der Waals surface area contributed by atoms with Crippen LogP contribution in [0.25, 0.3) is 0 Å². The summed E-state index contributed by atoms with van der Waals surface area (Å²) >= 11 is 0. The second-order valence-electron chi connectivity index (χ2n) is 9.20. The van der Waals surface area contributed by atoms with Gasteiger partial charge < -0.3 is 20.3 Å². The average molecular weight is 519 g/mol. The number of alkyl halides is 3. The van der Waals surface area contributed by atoms with E-state index >= 15 is 0 Å². The summed E-state index contributed by atoms with van der Waals surface area (Å²) in [6.07, 6.45) is -2.65.